The molecule has 126 valence electrons. The molecule has 1 amide bonds. The maximum Gasteiger partial charge on any atom is 0.258 e. The van der Waals surface area contributed by atoms with Crippen molar-refractivity contribution in [2.75, 3.05) is 11.4 Å². The number of carbonyl (C=O) groups is 1. The van der Waals surface area contributed by atoms with Crippen molar-refractivity contribution in [1.82, 2.24) is 0 Å². The lowest BCUT2D eigenvalue weighted by atomic mass is 9.94. The third-order valence-electron chi connectivity index (χ3n) is 4.37. The highest BCUT2D eigenvalue weighted by Gasteiger charge is 2.25. The van der Waals surface area contributed by atoms with Crippen molar-refractivity contribution < 1.29 is 13.2 Å². The molecule has 0 aromatic heterocycles. The van der Waals surface area contributed by atoms with Crippen LogP contribution in [0.1, 0.15) is 33.5 Å². The van der Waals surface area contributed by atoms with Gasteiger partial charge in [-0.25, -0.2) is 13.6 Å². The zero-order valence-electron chi connectivity index (χ0n) is 13.7. The number of carbonyl (C=O) groups excluding carboxylic acids is 1. The lowest BCUT2D eigenvalue weighted by Crippen LogP contribution is -2.35. The Morgan fingerprint density at radius 2 is 1.79 bits per heavy atom. The molecular weight excluding hydrogens is 324 g/mol. The normalized spacial score (nSPS) is 14.4. The van der Waals surface area contributed by atoms with Gasteiger partial charge in [0.25, 0.3) is 5.91 Å². The van der Waals surface area contributed by atoms with Gasteiger partial charge in [0.2, 0.25) is 10.0 Å². The fourth-order valence-electron chi connectivity index (χ4n) is 3.23. The average Bonchev–Trinajstić information content (AvgIpc) is 2.53. The summed E-state index contributed by atoms with van der Waals surface area (Å²) in [5.41, 5.74) is 4.94. The van der Waals surface area contributed by atoms with E-state index in [0.717, 1.165) is 24.1 Å². The molecular formula is C18H20N2O3S. The van der Waals surface area contributed by atoms with Gasteiger partial charge < -0.3 is 4.90 Å². The summed E-state index contributed by atoms with van der Waals surface area (Å²) in [6.45, 7) is 4.75. The second-order valence-corrected chi connectivity index (χ2v) is 7.77. The fraction of sp³-hybridized carbons (Fsp3) is 0.278. The molecule has 0 spiro atoms. The Morgan fingerprint density at radius 3 is 2.42 bits per heavy atom. The number of hydrogen-bond donors (Lipinski definition) is 1. The predicted molar refractivity (Wildman–Crippen MR) is 93.7 cm³/mol. The second kappa shape index (κ2) is 6.03. The minimum atomic E-state index is -3.75. The average molecular weight is 344 g/mol. The number of aryl methyl sites for hydroxylation is 2. The van der Waals surface area contributed by atoms with Crippen LogP contribution >= 0.6 is 0 Å². The quantitative estimate of drug-likeness (QED) is 0.909. The van der Waals surface area contributed by atoms with E-state index in [1.165, 1.54) is 35.4 Å². The van der Waals surface area contributed by atoms with Gasteiger partial charge in [0.1, 0.15) is 0 Å². The minimum Gasteiger partial charge on any atom is -0.308 e. The van der Waals surface area contributed by atoms with Gasteiger partial charge >= 0.3 is 0 Å². The van der Waals surface area contributed by atoms with Crippen LogP contribution in [0.2, 0.25) is 0 Å². The first kappa shape index (κ1) is 16.7. The highest BCUT2D eigenvalue weighted by molar-refractivity contribution is 7.89. The van der Waals surface area contributed by atoms with Gasteiger partial charge in [-0.15, -0.1) is 0 Å². The van der Waals surface area contributed by atoms with E-state index in [1.54, 1.807) is 4.90 Å². The summed E-state index contributed by atoms with van der Waals surface area (Å²) >= 11 is 0. The molecule has 3 rings (SSSR count). The van der Waals surface area contributed by atoms with E-state index in [4.69, 9.17) is 5.14 Å². The molecule has 1 heterocycles. The smallest absolute Gasteiger partial charge is 0.258 e. The Bertz CT molecular complexity index is 903. The molecule has 0 fully saturated rings. The van der Waals surface area contributed by atoms with Crippen molar-refractivity contribution in [3.63, 3.8) is 0 Å². The van der Waals surface area contributed by atoms with E-state index in [2.05, 4.69) is 13.0 Å². The summed E-state index contributed by atoms with van der Waals surface area (Å²) in [7, 11) is -3.75. The largest absolute Gasteiger partial charge is 0.308 e. The number of hydrogen-bond acceptors (Lipinski definition) is 3. The summed E-state index contributed by atoms with van der Waals surface area (Å²) in [4.78, 5) is 14.7. The molecule has 0 saturated heterocycles. The molecule has 1 aliphatic rings. The third-order valence-corrected chi connectivity index (χ3v) is 5.30. The first-order valence-corrected chi connectivity index (χ1v) is 9.37. The van der Waals surface area contributed by atoms with Gasteiger partial charge in [-0.3, -0.25) is 4.79 Å². The Balaban J connectivity index is 1.98. The van der Waals surface area contributed by atoms with E-state index in [0.29, 0.717) is 12.1 Å². The van der Waals surface area contributed by atoms with E-state index in [-0.39, 0.29) is 10.8 Å². The molecule has 0 aliphatic carbocycles. The van der Waals surface area contributed by atoms with E-state index >= 15 is 0 Å². The van der Waals surface area contributed by atoms with E-state index in [1.807, 2.05) is 13.0 Å². The number of anilines is 1. The van der Waals surface area contributed by atoms with Gasteiger partial charge in [0, 0.05) is 17.8 Å². The Kier molecular flexibility index (Phi) is 4.19. The van der Waals surface area contributed by atoms with Crippen LogP contribution < -0.4 is 10.0 Å². The first-order valence-electron chi connectivity index (χ1n) is 7.82. The molecule has 0 atom stereocenters. The second-order valence-electron chi connectivity index (χ2n) is 6.21. The molecule has 2 aromatic rings. The van der Waals surface area contributed by atoms with Crippen molar-refractivity contribution in [2.24, 2.45) is 5.14 Å². The third kappa shape index (κ3) is 3.07. The minimum absolute atomic E-state index is 0.00443. The van der Waals surface area contributed by atoms with Crippen LogP contribution in [-0.4, -0.2) is 20.9 Å². The maximum atomic E-state index is 12.9. The molecule has 6 heteroatoms. The van der Waals surface area contributed by atoms with Gasteiger partial charge in [-0.1, -0.05) is 6.07 Å². The molecule has 1 aliphatic heterocycles. The van der Waals surface area contributed by atoms with Gasteiger partial charge in [0.15, 0.2) is 0 Å². The lowest BCUT2D eigenvalue weighted by molar-refractivity contribution is 0.0985. The molecule has 0 saturated carbocycles. The van der Waals surface area contributed by atoms with Crippen LogP contribution in [0.4, 0.5) is 5.69 Å². The molecule has 2 aromatic carbocycles. The van der Waals surface area contributed by atoms with Crippen LogP contribution in [0.5, 0.6) is 0 Å². The van der Waals surface area contributed by atoms with Crippen LogP contribution in [0.25, 0.3) is 0 Å². The summed E-state index contributed by atoms with van der Waals surface area (Å²) in [6, 6.07) is 9.94. The zero-order valence-corrected chi connectivity index (χ0v) is 14.6. The fourth-order valence-corrected chi connectivity index (χ4v) is 3.74. The molecule has 5 nitrogen and oxygen atoms in total. The van der Waals surface area contributed by atoms with Crippen LogP contribution in [-0.2, 0) is 16.4 Å². The number of sulfonamides is 1. The van der Waals surface area contributed by atoms with Gasteiger partial charge in [-0.05, 0) is 73.7 Å². The lowest BCUT2D eigenvalue weighted by Gasteiger charge is -2.31. The highest BCUT2D eigenvalue weighted by Crippen LogP contribution is 2.32. The Labute approximate surface area is 142 Å². The Morgan fingerprint density at radius 1 is 1.12 bits per heavy atom. The van der Waals surface area contributed by atoms with Crippen molar-refractivity contribution in [2.45, 2.75) is 31.6 Å². The number of benzene rings is 2. The standard InChI is InChI=1S/C18H20N2O3S/c1-12-10-13(2)16-4-3-9-20(17(16)11-12)18(21)14-5-7-15(8-6-14)24(19,22)23/h5-8,10-11H,3-4,9H2,1-2H3,(H2,19,22,23). The summed E-state index contributed by atoms with van der Waals surface area (Å²) in [5, 5.41) is 5.10. The van der Waals surface area contributed by atoms with E-state index < -0.39 is 10.0 Å². The van der Waals surface area contributed by atoms with Crippen molar-refractivity contribution in [3.8, 4) is 0 Å². The number of amides is 1. The molecule has 0 unspecified atom stereocenters. The summed E-state index contributed by atoms with van der Waals surface area (Å²) in [6.07, 6.45) is 1.88. The molecule has 0 radical (unpaired) electrons. The number of nitrogens with two attached hydrogens (primary N) is 1. The number of primary sulfonamides is 1. The topological polar surface area (TPSA) is 80.5 Å². The van der Waals surface area contributed by atoms with Crippen LogP contribution in [0.3, 0.4) is 0 Å². The van der Waals surface area contributed by atoms with Gasteiger partial charge in [-0.2, -0.15) is 0 Å². The number of fused-ring (bicyclic) bond motifs is 1. The zero-order chi connectivity index (χ0) is 17.5. The maximum absolute atomic E-state index is 12.9. The van der Waals surface area contributed by atoms with Gasteiger partial charge in [0.05, 0.1) is 4.90 Å². The Hall–Kier alpha value is -2.18. The highest BCUT2D eigenvalue weighted by atomic mass is 32.2. The predicted octanol–water partition coefficient (Wildman–Crippen LogP) is 2.54. The van der Waals surface area contributed by atoms with Crippen LogP contribution in [0, 0.1) is 13.8 Å². The molecule has 0 bridgehead atoms. The van der Waals surface area contributed by atoms with E-state index in [9.17, 15) is 13.2 Å². The van der Waals surface area contributed by atoms with Crippen molar-refractivity contribution in [3.05, 3.63) is 58.7 Å². The monoisotopic (exact) mass is 344 g/mol. The first-order chi connectivity index (χ1) is 11.3. The SMILES string of the molecule is Cc1cc(C)c2c(c1)N(C(=O)c1ccc(S(N)(=O)=O)cc1)CCC2. The van der Waals surface area contributed by atoms with Crippen molar-refractivity contribution >= 4 is 21.6 Å². The molecule has 2 N–H and O–H groups in total. The van der Waals surface area contributed by atoms with Crippen molar-refractivity contribution in [1.29, 1.82) is 0 Å². The summed E-state index contributed by atoms with van der Waals surface area (Å²) < 4.78 is 22.7. The number of rotatable bonds is 2. The summed E-state index contributed by atoms with van der Waals surface area (Å²) in [5.74, 6) is -0.123. The number of nitrogens with zero attached hydrogens (tertiary/aromatic N) is 1. The molecule has 24 heavy (non-hydrogen) atoms. The van der Waals surface area contributed by atoms with Crippen LogP contribution in [0.15, 0.2) is 41.3 Å².